The Hall–Kier alpha value is 1.12. The van der Waals surface area contributed by atoms with Gasteiger partial charge in [-0.2, -0.15) is 0 Å². The zero-order valence-corrected chi connectivity index (χ0v) is 7.85. The average Bonchev–Trinajstić information content (AvgIpc) is 1.90. The molecule has 0 saturated heterocycles. The highest BCUT2D eigenvalue weighted by Crippen LogP contribution is 2.18. The van der Waals surface area contributed by atoms with Crippen molar-refractivity contribution in [1.82, 2.24) is 3.76 Å². The summed E-state index contributed by atoms with van der Waals surface area (Å²) in [6, 6.07) is 0. The fourth-order valence-electron chi connectivity index (χ4n) is 0.0921. The second kappa shape index (κ2) is 4.04. The predicted octanol–water partition coefficient (Wildman–Crippen LogP) is 3.63. The maximum atomic E-state index is 3.06. The summed E-state index contributed by atoms with van der Waals surface area (Å²) in [4.78, 5) is 0. The van der Waals surface area contributed by atoms with E-state index in [9.17, 15) is 0 Å². The molecule has 0 spiro atoms. The van der Waals surface area contributed by atoms with Crippen molar-refractivity contribution in [2.24, 2.45) is 0 Å². The van der Waals surface area contributed by atoms with E-state index in [4.69, 9.17) is 0 Å². The second-order valence-electron chi connectivity index (χ2n) is 0.522. The van der Waals surface area contributed by atoms with Crippen LogP contribution in [0.3, 0.4) is 0 Å². The molecular weight excluding hydrogens is 206 g/mol. The normalized spacial score (nSPS) is 8.00. The van der Waals surface area contributed by atoms with Crippen LogP contribution in [-0.4, -0.2) is 3.76 Å². The van der Waals surface area contributed by atoms with Gasteiger partial charge >= 0.3 is 0 Å². The molecule has 0 aliphatic rings. The Morgan fingerprint density at radius 3 is 1.86 bits per heavy atom. The summed E-state index contributed by atoms with van der Waals surface area (Å²) in [5, 5.41) is 0. The highest BCUT2D eigenvalue weighted by atomic mass is 33.5. The lowest BCUT2D eigenvalue weighted by molar-refractivity contribution is 1.91. The van der Waals surface area contributed by atoms with Crippen molar-refractivity contribution >= 4 is 58.4 Å². The third kappa shape index (κ3) is 2.83. The van der Waals surface area contributed by atoms with Crippen LogP contribution in [0.25, 0.3) is 0 Å². The van der Waals surface area contributed by atoms with Crippen molar-refractivity contribution in [3.63, 3.8) is 0 Å². The second-order valence-corrected chi connectivity index (χ2v) is 9.60. The molecule has 1 aromatic heterocycles. The van der Waals surface area contributed by atoms with Crippen molar-refractivity contribution < 1.29 is 0 Å². The molecule has 0 bridgehead atoms. The van der Waals surface area contributed by atoms with Gasteiger partial charge in [0.05, 0.1) is 0 Å². The van der Waals surface area contributed by atoms with Crippen molar-refractivity contribution in [2.75, 3.05) is 0 Å². The molecule has 0 atom stereocenters. The van der Waals surface area contributed by atoms with Gasteiger partial charge in [0, 0.05) is 58.4 Å². The Labute approximate surface area is 61.7 Å². The van der Waals surface area contributed by atoms with Crippen LogP contribution >= 0.6 is 58.4 Å². The maximum Gasteiger partial charge on any atom is 0.0190 e. The summed E-state index contributed by atoms with van der Waals surface area (Å²) in [5.74, 6) is 0. The van der Waals surface area contributed by atoms with E-state index in [0.29, 0.717) is 0 Å². The van der Waals surface area contributed by atoms with Gasteiger partial charge in [0.2, 0.25) is 0 Å². The third-order valence-corrected chi connectivity index (χ3v) is 10.4. The first-order valence-electron chi connectivity index (χ1n) is 1.24. The largest absolute Gasteiger partial charge is 0.247 e. The van der Waals surface area contributed by atoms with Gasteiger partial charge in [-0.05, 0) is 0 Å². The van der Waals surface area contributed by atoms with Crippen LogP contribution in [0.15, 0.2) is 0 Å². The summed E-state index contributed by atoms with van der Waals surface area (Å²) in [7, 11) is 10.4. The Morgan fingerprint density at radius 2 is 1.29 bits per heavy atom. The van der Waals surface area contributed by atoms with E-state index < -0.39 is 0 Å². The van der Waals surface area contributed by atoms with Crippen LogP contribution in [0.4, 0.5) is 0 Å². The van der Waals surface area contributed by atoms with Gasteiger partial charge in [0.15, 0.2) is 0 Å². The van der Waals surface area contributed by atoms with E-state index in [1.54, 1.807) is 58.4 Å². The SMILES string of the molecule is [nH]1ssssss1. The Bertz CT molecular complexity index is 92.2. The molecule has 7 heavy (non-hydrogen) atoms. The predicted molar refractivity (Wildman–Crippen MR) is 43.3 cm³/mol. The minimum Gasteiger partial charge on any atom is -0.247 e. The first-order valence-corrected chi connectivity index (χ1v) is 8.72. The smallest absolute Gasteiger partial charge is 0.0190 e. The lowest BCUT2D eigenvalue weighted by Crippen LogP contribution is -1.24. The number of rotatable bonds is 0. The molecule has 0 fully saturated rings. The molecule has 1 heterocycles. The zero-order valence-electron chi connectivity index (χ0n) is 2.95. The summed E-state index contributed by atoms with van der Waals surface area (Å²) >= 11 is 0. The van der Waals surface area contributed by atoms with Gasteiger partial charge in [-0.3, -0.25) is 0 Å². The number of aromatic nitrogens is 1. The van der Waals surface area contributed by atoms with Crippen molar-refractivity contribution in [3.8, 4) is 0 Å². The highest BCUT2D eigenvalue weighted by molar-refractivity contribution is 8.19. The minimum absolute atomic E-state index is 1.67. The van der Waals surface area contributed by atoms with Gasteiger partial charge in [0.25, 0.3) is 0 Å². The van der Waals surface area contributed by atoms with Gasteiger partial charge in [0.1, 0.15) is 0 Å². The van der Waals surface area contributed by atoms with Crippen LogP contribution in [0.5, 0.6) is 0 Å². The molecule has 1 rings (SSSR count). The summed E-state index contributed by atoms with van der Waals surface area (Å²) in [6.07, 6.45) is 0. The van der Waals surface area contributed by atoms with Crippen molar-refractivity contribution in [1.29, 1.82) is 0 Å². The molecule has 0 amide bonds. The monoisotopic (exact) mass is 207 g/mol. The summed E-state index contributed by atoms with van der Waals surface area (Å²) in [5.41, 5.74) is 0. The van der Waals surface area contributed by atoms with Crippen LogP contribution in [0.1, 0.15) is 0 Å². The number of H-pyrrole nitrogens is 1. The van der Waals surface area contributed by atoms with Crippen LogP contribution in [0.2, 0.25) is 0 Å². The van der Waals surface area contributed by atoms with E-state index >= 15 is 0 Å². The minimum atomic E-state index is 1.67. The highest BCUT2D eigenvalue weighted by Gasteiger charge is 1.61. The number of hydrogen-bond donors (Lipinski definition) is 1. The average molecular weight is 207 g/mol. The molecule has 0 unspecified atom stereocenters. The molecule has 0 saturated carbocycles. The van der Waals surface area contributed by atoms with Gasteiger partial charge in [-0.15, -0.1) is 0 Å². The van der Waals surface area contributed by atoms with Gasteiger partial charge in [-0.1, -0.05) is 0 Å². The van der Waals surface area contributed by atoms with Crippen LogP contribution in [0, 0.1) is 0 Å². The Kier molecular flexibility index (Phi) is 3.61. The fraction of sp³-hybridized carbons (Fsp3) is 0. The lowest BCUT2D eigenvalue weighted by Gasteiger charge is -1.54. The third-order valence-electron chi connectivity index (χ3n) is 0.219. The van der Waals surface area contributed by atoms with Crippen molar-refractivity contribution in [2.45, 2.75) is 0 Å². The fourth-order valence-corrected chi connectivity index (χ4v) is 11.1. The molecule has 0 radical (unpaired) electrons. The molecule has 0 aliphatic carbocycles. The van der Waals surface area contributed by atoms with Gasteiger partial charge < -0.3 is 0 Å². The molecule has 0 aliphatic heterocycles. The topological polar surface area (TPSA) is 15.8 Å². The van der Waals surface area contributed by atoms with E-state index in [2.05, 4.69) is 3.76 Å². The van der Waals surface area contributed by atoms with E-state index in [1.165, 1.54) is 0 Å². The number of nitrogens with one attached hydrogen (secondary N) is 1. The zero-order chi connectivity index (χ0) is 4.95. The van der Waals surface area contributed by atoms with Crippen molar-refractivity contribution in [3.05, 3.63) is 0 Å². The first kappa shape index (κ1) is 6.24. The van der Waals surface area contributed by atoms with Crippen LogP contribution < -0.4 is 0 Å². The molecular formula is HNS6. The Balaban J connectivity index is 3.06. The Morgan fingerprint density at radius 1 is 0.714 bits per heavy atom. The summed E-state index contributed by atoms with van der Waals surface area (Å²) in [6.45, 7) is 0. The van der Waals surface area contributed by atoms with E-state index in [-0.39, 0.29) is 0 Å². The van der Waals surface area contributed by atoms with Crippen LogP contribution in [-0.2, 0) is 0 Å². The first-order chi connectivity index (χ1) is 3.50. The molecule has 1 N–H and O–H groups in total. The van der Waals surface area contributed by atoms with Gasteiger partial charge in [-0.25, -0.2) is 3.76 Å². The standard InChI is InChI=1S/HNS6/c1-2-4-6-7-5-3-1/h1H. The molecule has 42 valence electrons. The molecule has 7 heteroatoms. The number of hydrogen-bond acceptors (Lipinski definition) is 6. The summed E-state index contributed by atoms with van der Waals surface area (Å²) < 4.78 is 3.06. The quantitative estimate of drug-likeness (QED) is 0.625. The van der Waals surface area contributed by atoms with E-state index in [1.807, 2.05) is 0 Å². The number of aromatic amines is 1. The molecule has 1 aromatic rings. The molecule has 0 aromatic carbocycles. The van der Waals surface area contributed by atoms with E-state index in [0.717, 1.165) is 0 Å². The lowest BCUT2D eigenvalue weighted by atomic mass is 13.9. The maximum absolute atomic E-state index is 3.06. The molecule has 1 nitrogen and oxygen atoms in total.